The predicted octanol–water partition coefficient (Wildman–Crippen LogP) is 3.07. The highest BCUT2D eigenvalue weighted by molar-refractivity contribution is 5.54. The van der Waals surface area contributed by atoms with Crippen LogP contribution in [-0.4, -0.2) is 49.2 Å². The van der Waals surface area contributed by atoms with Crippen LogP contribution in [0.15, 0.2) is 18.3 Å². The Morgan fingerprint density at radius 1 is 0.958 bits per heavy atom. The summed E-state index contributed by atoms with van der Waals surface area (Å²) in [5.41, 5.74) is 1.34. The van der Waals surface area contributed by atoms with Gasteiger partial charge in [-0.25, -0.2) is 4.98 Å². The molecule has 0 amide bonds. The minimum absolute atomic E-state index is 0.674. The van der Waals surface area contributed by atoms with Crippen LogP contribution in [0.2, 0.25) is 0 Å². The van der Waals surface area contributed by atoms with E-state index >= 15 is 0 Å². The van der Waals surface area contributed by atoms with Gasteiger partial charge in [-0.2, -0.15) is 0 Å². The summed E-state index contributed by atoms with van der Waals surface area (Å²) in [4.78, 5) is 9.56. The summed E-state index contributed by atoms with van der Waals surface area (Å²) in [7, 11) is 2.21. The fraction of sp³-hybridized carbons (Fsp3) is 0.750. The van der Waals surface area contributed by atoms with Gasteiger partial charge in [0.25, 0.3) is 0 Å². The molecule has 5 aliphatic rings. The summed E-state index contributed by atoms with van der Waals surface area (Å²) in [5, 5.41) is 3.86. The zero-order chi connectivity index (χ0) is 16.1. The normalized spacial score (nSPS) is 38.5. The second-order valence-electron chi connectivity index (χ2n) is 8.79. The third-order valence-corrected chi connectivity index (χ3v) is 7.15. The average molecular weight is 326 g/mol. The van der Waals surface area contributed by atoms with Crippen molar-refractivity contribution < 1.29 is 0 Å². The van der Waals surface area contributed by atoms with Gasteiger partial charge < -0.3 is 15.1 Å². The molecule has 1 N–H and O–H groups in total. The lowest BCUT2D eigenvalue weighted by atomic mass is 9.54. The molecule has 2 heterocycles. The van der Waals surface area contributed by atoms with E-state index in [4.69, 9.17) is 0 Å². The number of hydrogen-bond acceptors (Lipinski definition) is 4. The molecular formula is C20H30N4. The highest BCUT2D eigenvalue weighted by Crippen LogP contribution is 2.54. The molecular weight excluding hydrogens is 296 g/mol. The number of nitrogens with one attached hydrogen (secondary N) is 1. The lowest BCUT2D eigenvalue weighted by Crippen LogP contribution is -2.51. The van der Waals surface area contributed by atoms with Gasteiger partial charge in [0.2, 0.25) is 0 Å². The molecule has 24 heavy (non-hydrogen) atoms. The summed E-state index contributed by atoms with van der Waals surface area (Å²) >= 11 is 0. The Morgan fingerprint density at radius 2 is 1.62 bits per heavy atom. The number of aromatic nitrogens is 1. The number of anilines is 2. The molecule has 1 aromatic rings. The Bertz CT molecular complexity index is 565. The molecule has 0 aromatic carbocycles. The molecule has 6 rings (SSSR count). The maximum Gasteiger partial charge on any atom is 0.128 e. The summed E-state index contributed by atoms with van der Waals surface area (Å²) in [5.74, 6) is 4.97. The van der Waals surface area contributed by atoms with Crippen LogP contribution in [0.5, 0.6) is 0 Å². The van der Waals surface area contributed by atoms with E-state index < -0.39 is 0 Å². The molecule has 0 spiro atoms. The SMILES string of the molecule is CN1CCN(c2ccnc(NC3C4CC5CC(C4)CC3C5)c2)CC1. The van der Waals surface area contributed by atoms with E-state index in [9.17, 15) is 0 Å². The Balaban J connectivity index is 1.30. The minimum atomic E-state index is 0.674. The molecule has 4 heteroatoms. The Kier molecular flexibility index (Phi) is 3.69. The molecule has 0 unspecified atom stereocenters. The predicted molar refractivity (Wildman–Crippen MR) is 98.4 cm³/mol. The minimum Gasteiger partial charge on any atom is -0.369 e. The maximum atomic E-state index is 4.65. The van der Waals surface area contributed by atoms with Crippen LogP contribution in [0.4, 0.5) is 11.5 Å². The van der Waals surface area contributed by atoms with Crippen LogP contribution in [0, 0.1) is 23.7 Å². The summed E-state index contributed by atoms with van der Waals surface area (Å²) in [6, 6.07) is 5.14. The van der Waals surface area contributed by atoms with Crippen molar-refractivity contribution in [3.05, 3.63) is 18.3 Å². The molecule has 5 fully saturated rings. The fourth-order valence-corrected chi connectivity index (χ4v) is 6.09. The van der Waals surface area contributed by atoms with Gasteiger partial charge in [-0.3, -0.25) is 0 Å². The zero-order valence-corrected chi connectivity index (χ0v) is 14.8. The van der Waals surface area contributed by atoms with Crippen molar-refractivity contribution in [1.29, 1.82) is 0 Å². The summed E-state index contributed by atoms with van der Waals surface area (Å²) < 4.78 is 0. The van der Waals surface area contributed by atoms with Crippen molar-refractivity contribution in [3.63, 3.8) is 0 Å². The number of rotatable bonds is 3. The molecule has 4 nitrogen and oxygen atoms in total. The lowest BCUT2D eigenvalue weighted by molar-refractivity contribution is 0.00742. The van der Waals surface area contributed by atoms with Gasteiger partial charge in [-0.1, -0.05) is 0 Å². The molecule has 4 aliphatic carbocycles. The average Bonchev–Trinajstić information content (AvgIpc) is 2.58. The zero-order valence-electron chi connectivity index (χ0n) is 14.8. The first-order valence-electron chi connectivity index (χ1n) is 9.90. The van der Waals surface area contributed by atoms with Gasteiger partial charge in [0.15, 0.2) is 0 Å². The van der Waals surface area contributed by atoms with Crippen molar-refractivity contribution in [2.45, 2.75) is 38.1 Å². The first kappa shape index (κ1) is 15.0. The molecule has 0 radical (unpaired) electrons. The van der Waals surface area contributed by atoms with Gasteiger partial charge in [0.05, 0.1) is 0 Å². The Hall–Kier alpha value is -1.29. The maximum absolute atomic E-state index is 4.65. The monoisotopic (exact) mass is 326 g/mol. The van der Waals surface area contributed by atoms with Gasteiger partial charge >= 0.3 is 0 Å². The highest BCUT2D eigenvalue weighted by Gasteiger charge is 2.48. The Labute approximate surface area is 145 Å². The van der Waals surface area contributed by atoms with Crippen LogP contribution in [-0.2, 0) is 0 Å². The molecule has 130 valence electrons. The largest absolute Gasteiger partial charge is 0.369 e. The van der Waals surface area contributed by atoms with E-state index in [1.54, 1.807) is 0 Å². The molecule has 1 aliphatic heterocycles. The second kappa shape index (κ2) is 5.91. The van der Waals surface area contributed by atoms with E-state index in [-0.39, 0.29) is 0 Å². The van der Waals surface area contributed by atoms with Crippen molar-refractivity contribution in [2.24, 2.45) is 23.7 Å². The first-order valence-corrected chi connectivity index (χ1v) is 9.90. The number of likely N-dealkylation sites (N-methyl/N-ethyl adjacent to an activating group) is 1. The van der Waals surface area contributed by atoms with Crippen LogP contribution in [0.1, 0.15) is 32.1 Å². The highest BCUT2D eigenvalue weighted by atomic mass is 15.2. The van der Waals surface area contributed by atoms with E-state index in [0.29, 0.717) is 6.04 Å². The van der Waals surface area contributed by atoms with Crippen molar-refractivity contribution in [2.75, 3.05) is 43.4 Å². The number of hydrogen-bond donors (Lipinski definition) is 1. The van der Waals surface area contributed by atoms with Crippen LogP contribution < -0.4 is 10.2 Å². The van der Waals surface area contributed by atoms with Crippen molar-refractivity contribution in [1.82, 2.24) is 9.88 Å². The van der Waals surface area contributed by atoms with Gasteiger partial charge in [0.1, 0.15) is 5.82 Å². The van der Waals surface area contributed by atoms with E-state index in [2.05, 4.69) is 39.3 Å². The Morgan fingerprint density at radius 3 is 2.29 bits per heavy atom. The van der Waals surface area contributed by atoms with Gasteiger partial charge in [-0.05, 0) is 68.9 Å². The summed E-state index contributed by atoms with van der Waals surface area (Å²) in [6.07, 6.45) is 9.36. The van der Waals surface area contributed by atoms with Gasteiger partial charge in [0, 0.05) is 50.2 Å². The smallest absolute Gasteiger partial charge is 0.128 e. The lowest BCUT2D eigenvalue weighted by Gasteiger charge is -2.54. The third kappa shape index (κ3) is 2.69. The van der Waals surface area contributed by atoms with E-state index in [1.807, 2.05) is 6.20 Å². The molecule has 4 bridgehead atoms. The third-order valence-electron chi connectivity index (χ3n) is 7.15. The number of piperazine rings is 1. The van der Waals surface area contributed by atoms with Crippen LogP contribution in [0.25, 0.3) is 0 Å². The van der Waals surface area contributed by atoms with Crippen molar-refractivity contribution in [3.8, 4) is 0 Å². The topological polar surface area (TPSA) is 31.4 Å². The molecule has 1 saturated heterocycles. The van der Waals surface area contributed by atoms with Crippen molar-refractivity contribution >= 4 is 11.5 Å². The van der Waals surface area contributed by atoms with Crippen LogP contribution in [0.3, 0.4) is 0 Å². The fourth-order valence-electron chi connectivity index (χ4n) is 6.09. The number of nitrogens with zero attached hydrogens (tertiary/aromatic N) is 3. The standard InChI is InChI=1S/C20H30N4/c1-23-4-6-24(7-5-23)18-2-3-21-19(13-18)22-20-16-9-14-8-15(11-16)12-17(20)10-14/h2-3,13-17,20H,4-12H2,1H3,(H,21,22). The summed E-state index contributed by atoms with van der Waals surface area (Å²) in [6.45, 7) is 4.55. The second-order valence-corrected chi connectivity index (χ2v) is 8.79. The molecule has 1 aromatic heterocycles. The van der Waals surface area contributed by atoms with E-state index in [0.717, 1.165) is 55.7 Å². The first-order chi connectivity index (χ1) is 11.7. The van der Waals surface area contributed by atoms with Crippen LogP contribution >= 0.6 is 0 Å². The molecule has 4 saturated carbocycles. The quantitative estimate of drug-likeness (QED) is 0.925. The molecule has 0 atom stereocenters. The van der Waals surface area contributed by atoms with Gasteiger partial charge in [-0.15, -0.1) is 0 Å². The number of pyridine rings is 1. The van der Waals surface area contributed by atoms with E-state index in [1.165, 1.54) is 37.8 Å².